The molecule has 7 unspecified atom stereocenters. The molecule has 4 aliphatic carbocycles. The molecule has 0 saturated heterocycles. The Bertz CT molecular complexity index is 751. The minimum absolute atomic E-state index is 0.0798. The van der Waals surface area contributed by atoms with E-state index in [2.05, 4.69) is 0 Å². The Morgan fingerprint density at radius 1 is 1.05 bits per heavy atom. The number of carbonyl (C=O) groups excluding carboxylic acids is 2. The molecule has 0 radical (unpaired) electrons. The molecule has 0 amide bonds. The monoisotopic (exact) mass is 295 g/mol. The lowest BCUT2D eigenvalue weighted by molar-refractivity contribution is -0.144. The summed E-state index contributed by atoms with van der Waals surface area (Å²) >= 11 is 0. The predicted molar refractivity (Wildman–Crippen MR) is 81.7 cm³/mol. The molecule has 0 bridgehead atoms. The van der Waals surface area contributed by atoms with Gasteiger partial charge in [0.25, 0.3) is 0 Å². The molecule has 2 heteroatoms. The van der Waals surface area contributed by atoms with E-state index in [1.165, 1.54) is 0 Å². The van der Waals surface area contributed by atoms with Gasteiger partial charge in [-0.15, -0.1) is 0 Å². The van der Waals surface area contributed by atoms with Crippen molar-refractivity contribution < 1.29 is 19.2 Å². The largest absolute Gasteiger partial charge is 0.300 e. The van der Waals surface area contributed by atoms with Gasteiger partial charge >= 0.3 is 0 Å². The van der Waals surface area contributed by atoms with Crippen LogP contribution in [0.15, 0.2) is 0 Å². The second-order valence-corrected chi connectivity index (χ2v) is 7.82. The van der Waals surface area contributed by atoms with Gasteiger partial charge in [-0.1, -0.05) is 13.8 Å². The number of rotatable bonds is 0. The van der Waals surface area contributed by atoms with Crippen LogP contribution in [0.4, 0.5) is 0 Å². The van der Waals surface area contributed by atoms with Crippen LogP contribution in [0.5, 0.6) is 0 Å². The van der Waals surface area contributed by atoms with E-state index in [4.69, 9.17) is 9.60 Å². The van der Waals surface area contributed by atoms with E-state index in [1.807, 2.05) is 13.8 Å². The minimum Gasteiger partial charge on any atom is -0.300 e. The van der Waals surface area contributed by atoms with Crippen molar-refractivity contribution in [2.45, 2.75) is 71.5 Å². The van der Waals surface area contributed by atoms with Crippen molar-refractivity contribution in [1.29, 1.82) is 0 Å². The second kappa shape index (κ2) is 4.43. The SMILES string of the molecule is [2H]C1C(=O)C([2H])([2H])CC2(C)C3CCC4(C)C(=O)C([2H])([2H])CC4C3CC([2H])([2H])C12. The molecular formula is C19H28O2. The first-order valence-corrected chi connectivity index (χ1v) is 8.09. The van der Waals surface area contributed by atoms with Crippen LogP contribution in [0.25, 0.3) is 0 Å². The van der Waals surface area contributed by atoms with E-state index in [0.29, 0.717) is 12.8 Å². The van der Waals surface area contributed by atoms with E-state index >= 15 is 0 Å². The van der Waals surface area contributed by atoms with Gasteiger partial charge in [0.15, 0.2) is 0 Å². The molecule has 116 valence electrons. The molecule has 0 N–H and O–H groups in total. The van der Waals surface area contributed by atoms with Crippen LogP contribution in [-0.4, -0.2) is 11.6 Å². The van der Waals surface area contributed by atoms with Crippen molar-refractivity contribution in [3.8, 4) is 0 Å². The lowest BCUT2D eigenvalue weighted by Crippen LogP contribution is -2.53. The Labute approximate surface area is 137 Å². The van der Waals surface area contributed by atoms with Gasteiger partial charge in [0, 0.05) is 34.2 Å². The Morgan fingerprint density at radius 3 is 2.67 bits per heavy atom. The standard InChI is InChI=1S/C19H28O2/c1-18-9-7-13(20)11-12(18)3-4-14-15-5-6-17(21)19(15,2)10-8-16(14)18/h12,14-16H,3-11H2,1-2H3/i3D2,6D2,7D2,11D. The fourth-order valence-electron chi connectivity index (χ4n) is 5.48. The van der Waals surface area contributed by atoms with Crippen LogP contribution in [-0.2, 0) is 9.59 Å². The molecule has 4 saturated carbocycles. The molecule has 4 aliphatic rings. The third-order valence-corrected chi connectivity index (χ3v) is 6.92. The van der Waals surface area contributed by atoms with E-state index in [-0.39, 0.29) is 42.8 Å². The van der Waals surface area contributed by atoms with Gasteiger partial charge in [0.05, 0.1) is 0 Å². The first-order valence-electron chi connectivity index (χ1n) is 11.7. The summed E-state index contributed by atoms with van der Waals surface area (Å²) in [7, 11) is 0. The molecule has 4 fully saturated rings. The van der Waals surface area contributed by atoms with Gasteiger partial charge in [-0.2, -0.15) is 0 Å². The zero-order chi connectivity index (χ0) is 21.1. The highest BCUT2D eigenvalue weighted by atomic mass is 16.1. The van der Waals surface area contributed by atoms with Crippen LogP contribution in [0.1, 0.15) is 81.1 Å². The molecular weight excluding hydrogens is 260 g/mol. The highest BCUT2D eigenvalue weighted by Crippen LogP contribution is 2.65. The molecule has 7 atom stereocenters. The average molecular weight is 295 g/mol. The van der Waals surface area contributed by atoms with Crippen LogP contribution in [0, 0.1) is 34.5 Å². The summed E-state index contributed by atoms with van der Waals surface area (Å²) in [5.74, 6) is -2.73. The molecule has 2 nitrogen and oxygen atoms in total. The predicted octanol–water partition coefficient (Wildman–Crippen LogP) is 4.17. The quantitative estimate of drug-likeness (QED) is 0.672. The van der Waals surface area contributed by atoms with Crippen molar-refractivity contribution >= 4 is 11.6 Å². The fraction of sp³-hybridized carbons (Fsp3) is 0.895. The summed E-state index contributed by atoms with van der Waals surface area (Å²) in [6.45, 7) is 3.63. The molecule has 4 rings (SSSR count). The summed E-state index contributed by atoms with van der Waals surface area (Å²) in [4.78, 5) is 25.2. The number of ketones is 2. The summed E-state index contributed by atoms with van der Waals surface area (Å²) in [6.07, 6.45) is -6.17. The average Bonchev–Trinajstić information content (AvgIpc) is 2.71. The van der Waals surface area contributed by atoms with E-state index < -0.39 is 48.0 Å². The van der Waals surface area contributed by atoms with Crippen molar-refractivity contribution in [2.75, 3.05) is 0 Å². The van der Waals surface area contributed by atoms with E-state index in [9.17, 15) is 9.59 Å². The minimum atomic E-state index is -2.16. The number of Topliss-reactive ketones (excluding diaryl/α,β-unsaturated/α-hetero) is 2. The zero-order valence-electron chi connectivity index (χ0n) is 19.7. The lowest BCUT2D eigenvalue weighted by Gasteiger charge is -2.59. The molecule has 0 aromatic carbocycles. The van der Waals surface area contributed by atoms with Gasteiger partial charge in [-0.05, 0) is 67.6 Å². The second-order valence-electron chi connectivity index (χ2n) is 7.82. The first kappa shape index (κ1) is 8.26. The van der Waals surface area contributed by atoms with Crippen molar-refractivity contribution in [3.63, 3.8) is 0 Å². The van der Waals surface area contributed by atoms with E-state index in [0.717, 1.165) is 0 Å². The maximum atomic E-state index is 12.8. The lowest BCUT2D eigenvalue weighted by atomic mass is 9.45. The Hall–Kier alpha value is -0.660. The Balaban J connectivity index is 1.81. The van der Waals surface area contributed by atoms with Gasteiger partial charge < -0.3 is 0 Å². The maximum absolute atomic E-state index is 12.8. The summed E-state index contributed by atoms with van der Waals surface area (Å²) in [5, 5.41) is 0. The normalized spacial score (nSPS) is 68.7. The molecule has 0 aromatic heterocycles. The molecule has 0 aliphatic heterocycles. The third-order valence-electron chi connectivity index (χ3n) is 6.92. The molecule has 21 heavy (non-hydrogen) atoms. The Kier molecular flexibility index (Phi) is 1.74. The summed E-state index contributed by atoms with van der Waals surface area (Å²) in [6, 6.07) is 0. The zero-order valence-corrected chi connectivity index (χ0v) is 12.7. The van der Waals surface area contributed by atoms with Gasteiger partial charge in [0.1, 0.15) is 11.6 Å². The molecule has 0 aromatic rings. The Morgan fingerprint density at radius 2 is 1.86 bits per heavy atom. The highest BCUT2D eigenvalue weighted by molar-refractivity contribution is 5.87. The van der Waals surface area contributed by atoms with E-state index in [1.54, 1.807) is 0 Å². The van der Waals surface area contributed by atoms with Gasteiger partial charge in [-0.25, -0.2) is 0 Å². The smallest absolute Gasteiger partial charge is 0.139 e. The number of carbonyl (C=O) groups is 2. The third kappa shape index (κ3) is 1.77. The van der Waals surface area contributed by atoms with Crippen molar-refractivity contribution in [1.82, 2.24) is 0 Å². The molecule has 0 spiro atoms. The first-order chi connectivity index (χ1) is 12.6. The van der Waals surface area contributed by atoms with Crippen molar-refractivity contribution in [3.05, 3.63) is 0 Å². The number of fused-ring (bicyclic) bond motifs is 5. The topological polar surface area (TPSA) is 34.1 Å². The maximum Gasteiger partial charge on any atom is 0.139 e. The number of hydrogen-bond donors (Lipinski definition) is 0. The van der Waals surface area contributed by atoms with Gasteiger partial charge in [0.2, 0.25) is 0 Å². The van der Waals surface area contributed by atoms with Crippen LogP contribution in [0.3, 0.4) is 0 Å². The van der Waals surface area contributed by atoms with Crippen LogP contribution < -0.4 is 0 Å². The van der Waals surface area contributed by atoms with Gasteiger partial charge in [-0.3, -0.25) is 9.59 Å². The molecule has 0 heterocycles. The van der Waals surface area contributed by atoms with Crippen LogP contribution >= 0.6 is 0 Å². The summed E-state index contributed by atoms with van der Waals surface area (Å²) in [5.41, 5.74) is -1.68. The highest BCUT2D eigenvalue weighted by Gasteiger charge is 2.60. The van der Waals surface area contributed by atoms with Crippen LogP contribution in [0.2, 0.25) is 0 Å². The van der Waals surface area contributed by atoms with Crippen molar-refractivity contribution in [2.24, 2.45) is 34.5 Å². The summed E-state index contributed by atoms with van der Waals surface area (Å²) < 4.78 is 58.5. The number of hydrogen-bond acceptors (Lipinski definition) is 2. The fourth-order valence-corrected chi connectivity index (χ4v) is 5.48.